The maximum atomic E-state index is 5.65. The van der Waals surface area contributed by atoms with Crippen LogP contribution in [0.4, 0.5) is 0 Å². The molecule has 0 bridgehead atoms. The van der Waals surface area contributed by atoms with Crippen LogP contribution in [0.15, 0.2) is 6.07 Å². The van der Waals surface area contributed by atoms with Crippen LogP contribution in [0.3, 0.4) is 0 Å². The Bertz CT molecular complexity index is 310. The molecule has 0 spiro atoms. The molecule has 0 saturated heterocycles. The molecule has 1 aliphatic rings. The van der Waals surface area contributed by atoms with Crippen molar-refractivity contribution in [2.45, 2.75) is 38.5 Å². The number of hydrogen-bond donors (Lipinski definition) is 1. The minimum Gasteiger partial charge on any atom is -0.330 e. The third-order valence-corrected chi connectivity index (χ3v) is 4.05. The van der Waals surface area contributed by atoms with Crippen molar-refractivity contribution < 1.29 is 0 Å². The summed E-state index contributed by atoms with van der Waals surface area (Å²) in [5.41, 5.74) is 7.73. The van der Waals surface area contributed by atoms with Gasteiger partial charge in [0.15, 0.2) is 0 Å². The zero-order valence-corrected chi connectivity index (χ0v) is 9.21. The summed E-state index contributed by atoms with van der Waals surface area (Å²) in [6.07, 6.45) is 3.87. The van der Waals surface area contributed by atoms with E-state index in [0.29, 0.717) is 5.41 Å². The van der Waals surface area contributed by atoms with Crippen molar-refractivity contribution in [3.8, 4) is 0 Å². The van der Waals surface area contributed by atoms with Gasteiger partial charge in [0.05, 0.1) is 0 Å². The Kier molecular flexibility index (Phi) is 2.20. The monoisotopic (exact) mass is 195 g/mol. The average molecular weight is 195 g/mol. The molecule has 1 saturated carbocycles. The van der Waals surface area contributed by atoms with Gasteiger partial charge in [0, 0.05) is 9.75 Å². The fraction of sp³-hybridized carbons (Fsp3) is 0.636. The van der Waals surface area contributed by atoms with E-state index in [1.54, 1.807) is 5.56 Å². The van der Waals surface area contributed by atoms with Crippen LogP contribution < -0.4 is 5.73 Å². The van der Waals surface area contributed by atoms with Crippen LogP contribution in [0.1, 0.15) is 34.6 Å². The zero-order chi connectivity index (χ0) is 9.47. The molecule has 1 aromatic heterocycles. The molecule has 1 aromatic rings. The van der Waals surface area contributed by atoms with E-state index in [4.69, 9.17) is 5.73 Å². The highest BCUT2D eigenvalue weighted by molar-refractivity contribution is 7.12. The van der Waals surface area contributed by atoms with E-state index in [1.165, 1.54) is 29.0 Å². The van der Waals surface area contributed by atoms with E-state index in [9.17, 15) is 0 Å². The van der Waals surface area contributed by atoms with Crippen LogP contribution in [0, 0.1) is 13.8 Å². The predicted octanol–water partition coefficient (Wildman–Crippen LogP) is 2.75. The molecule has 0 atom stereocenters. The van der Waals surface area contributed by atoms with Crippen LogP contribution >= 0.6 is 11.3 Å². The minimum atomic E-state index is 0.490. The molecular formula is C11H17NS. The molecule has 2 rings (SSSR count). The van der Waals surface area contributed by atoms with Crippen molar-refractivity contribution in [1.82, 2.24) is 0 Å². The third kappa shape index (κ3) is 1.53. The van der Waals surface area contributed by atoms with E-state index in [1.807, 2.05) is 11.3 Å². The van der Waals surface area contributed by atoms with Crippen LogP contribution in [-0.2, 0) is 5.41 Å². The Balaban J connectivity index is 2.29. The molecule has 0 unspecified atom stereocenters. The largest absolute Gasteiger partial charge is 0.330 e. The smallest absolute Gasteiger partial charge is 0.00546 e. The van der Waals surface area contributed by atoms with Crippen LogP contribution in [0.2, 0.25) is 0 Å². The highest BCUT2D eigenvalue weighted by Gasteiger charge is 2.44. The lowest BCUT2D eigenvalue weighted by Gasteiger charge is -2.13. The Hall–Kier alpha value is -0.340. The van der Waals surface area contributed by atoms with Gasteiger partial charge in [-0.3, -0.25) is 0 Å². The van der Waals surface area contributed by atoms with Gasteiger partial charge in [0.2, 0.25) is 0 Å². The van der Waals surface area contributed by atoms with Crippen molar-refractivity contribution in [2.75, 3.05) is 6.54 Å². The summed E-state index contributed by atoms with van der Waals surface area (Å²) in [4.78, 5) is 2.94. The fourth-order valence-corrected chi connectivity index (χ4v) is 3.28. The molecule has 72 valence electrons. The molecular weight excluding hydrogens is 178 g/mol. The Morgan fingerprint density at radius 3 is 2.54 bits per heavy atom. The molecule has 1 heterocycles. The highest BCUT2D eigenvalue weighted by Crippen LogP contribution is 2.53. The fourth-order valence-electron chi connectivity index (χ4n) is 2.24. The van der Waals surface area contributed by atoms with Gasteiger partial charge in [-0.1, -0.05) is 0 Å². The Morgan fingerprint density at radius 1 is 1.46 bits per heavy atom. The summed E-state index contributed by atoms with van der Waals surface area (Å²) in [6.45, 7) is 5.26. The van der Waals surface area contributed by atoms with E-state index in [0.717, 1.165) is 6.54 Å². The topological polar surface area (TPSA) is 26.0 Å². The van der Waals surface area contributed by atoms with Gasteiger partial charge in [-0.2, -0.15) is 0 Å². The first-order chi connectivity index (χ1) is 6.18. The van der Waals surface area contributed by atoms with Crippen LogP contribution in [-0.4, -0.2) is 6.54 Å². The summed E-state index contributed by atoms with van der Waals surface area (Å²) in [7, 11) is 0. The van der Waals surface area contributed by atoms with Gasteiger partial charge in [-0.05, 0) is 56.7 Å². The summed E-state index contributed by atoms with van der Waals surface area (Å²) >= 11 is 1.92. The molecule has 0 aromatic carbocycles. The predicted molar refractivity (Wildman–Crippen MR) is 58.4 cm³/mol. The van der Waals surface area contributed by atoms with E-state index in [-0.39, 0.29) is 0 Å². The average Bonchev–Trinajstić information content (AvgIpc) is 2.74. The van der Waals surface area contributed by atoms with E-state index >= 15 is 0 Å². The first-order valence-corrected chi connectivity index (χ1v) is 5.77. The molecule has 0 radical (unpaired) electrons. The third-order valence-electron chi connectivity index (χ3n) is 3.09. The van der Waals surface area contributed by atoms with Gasteiger partial charge in [-0.15, -0.1) is 11.3 Å². The number of hydrogen-bond acceptors (Lipinski definition) is 2. The van der Waals surface area contributed by atoms with Crippen molar-refractivity contribution >= 4 is 11.3 Å². The van der Waals surface area contributed by atoms with Crippen LogP contribution in [0.5, 0.6) is 0 Å². The standard InChI is InChI=1S/C11H17NS/c1-8-7-10(9(2)13-8)11(3-4-11)5-6-12/h7H,3-6,12H2,1-2H3. The van der Waals surface area contributed by atoms with Gasteiger partial charge in [-0.25, -0.2) is 0 Å². The first-order valence-electron chi connectivity index (χ1n) is 4.95. The molecule has 0 amide bonds. The van der Waals surface area contributed by atoms with Crippen molar-refractivity contribution in [3.05, 3.63) is 21.4 Å². The normalized spacial score (nSPS) is 19.0. The minimum absolute atomic E-state index is 0.490. The summed E-state index contributed by atoms with van der Waals surface area (Å²) in [5, 5.41) is 0. The quantitative estimate of drug-likeness (QED) is 0.788. The second kappa shape index (κ2) is 3.10. The second-order valence-corrected chi connectivity index (χ2v) is 5.61. The maximum Gasteiger partial charge on any atom is 0.00546 e. The molecule has 1 nitrogen and oxygen atoms in total. The number of nitrogens with two attached hydrogens (primary N) is 1. The SMILES string of the molecule is Cc1cc(C2(CCN)CC2)c(C)s1. The van der Waals surface area contributed by atoms with E-state index < -0.39 is 0 Å². The highest BCUT2D eigenvalue weighted by atomic mass is 32.1. The van der Waals surface area contributed by atoms with Crippen molar-refractivity contribution in [2.24, 2.45) is 5.73 Å². The Labute approximate surface area is 84.0 Å². The van der Waals surface area contributed by atoms with Gasteiger partial charge >= 0.3 is 0 Å². The number of aryl methyl sites for hydroxylation is 2. The lowest BCUT2D eigenvalue weighted by Crippen LogP contribution is -2.13. The second-order valence-electron chi connectivity index (χ2n) is 4.15. The molecule has 1 fully saturated rings. The number of rotatable bonds is 3. The summed E-state index contributed by atoms with van der Waals surface area (Å²) < 4.78 is 0. The van der Waals surface area contributed by atoms with Gasteiger partial charge in [0.25, 0.3) is 0 Å². The molecule has 0 aliphatic heterocycles. The summed E-state index contributed by atoms with van der Waals surface area (Å²) in [5.74, 6) is 0. The lowest BCUT2D eigenvalue weighted by atomic mass is 9.93. The van der Waals surface area contributed by atoms with Gasteiger partial charge < -0.3 is 5.73 Å². The van der Waals surface area contributed by atoms with Crippen molar-refractivity contribution in [1.29, 1.82) is 0 Å². The number of thiophene rings is 1. The summed E-state index contributed by atoms with van der Waals surface area (Å²) in [6, 6.07) is 2.36. The molecule has 13 heavy (non-hydrogen) atoms. The van der Waals surface area contributed by atoms with Gasteiger partial charge in [0.1, 0.15) is 0 Å². The zero-order valence-electron chi connectivity index (χ0n) is 8.39. The van der Waals surface area contributed by atoms with Crippen LogP contribution in [0.25, 0.3) is 0 Å². The Morgan fingerprint density at radius 2 is 2.15 bits per heavy atom. The molecule has 1 aliphatic carbocycles. The van der Waals surface area contributed by atoms with E-state index in [2.05, 4.69) is 19.9 Å². The first kappa shape index (κ1) is 9.22. The molecule has 2 N–H and O–H groups in total. The maximum absolute atomic E-state index is 5.65. The molecule has 2 heteroatoms. The van der Waals surface area contributed by atoms with Crippen molar-refractivity contribution in [3.63, 3.8) is 0 Å². The lowest BCUT2D eigenvalue weighted by molar-refractivity contribution is 0.628.